The Hall–Kier alpha value is 0.560. The van der Waals surface area contributed by atoms with Crippen LogP contribution in [0.25, 0.3) is 0 Å². The monoisotopic (exact) mass is 560 g/mol. The van der Waals surface area contributed by atoms with E-state index in [0.717, 1.165) is 0 Å². The van der Waals surface area contributed by atoms with E-state index >= 15 is 0 Å². The van der Waals surface area contributed by atoms with E-state index in [0.29, 0.717) is 6.42 Å². The fraction of sp³-hybridized carbons (Fsp3) is 0.917. The van der Waals surface area contributed by atoms with Gasteiger partial charge in [-0.2, -0.15) is 0 Å². The molecule has 0 aromatic carbocycles. The molecule has 2 saturated carbocycles. The van der Waals surface area contributed by atoms with Crippen LogP contribution in [-0.2, 0) is 9.53 Å². The van der Waals surface area contributed by atoms with E-state index in [9.17, 15) is 23.1 Å². The van der Waals surface area contributed by atoms with Crippen molar-refractivity contribution < 1.29 is 49.3 Å². The molecule has 5 rings (SSSR count). The summed E-state index contributed by atoms with van der Waals surface area (Å²) < 4.78 is 53.6. The van der Waals surface area contributed by atoms with Crippen molar-refractivity contribution in [2.45, 2.75) is 38.3 Å². The van der Waals surface area contributed by atoms with Crippen LogP contribution in [-0.4, -0.2) is 36.7 Å². The number of esters is 1. The van der Waals surface area contributed by atoms with Gasteiger partial charge in [0, 0.05) is 0 Å². The van der Waals surface area contributed by atoms with Gasteiger partial charge >= 0.3 is 149 Å². The molecule has 132 valence electrons. The van der Waals surface area contributed by atoms with Crippen molar-refractivity contribution in [2.75, 3.05) is 6.61 Å². The topological polar surface area (TPSA) is 112 Å². The Morgan fingerprint density at radius 1 is 1.39 bits per heavy atom. The van der Waals surface area contributed by atoms with Gasteiger partial charge < -0.3 is 0 Å². The van der Waals surface area contributed by atoms with E-state index in [-0.39, 0.29) is 40.9 Å². The molecule has 2 bridgehead atoms. The van der Waals surface area contributed by atoms with Crippen LogP contribution in [0.5, 0.6) is 0 Å². The molecule has 23 heavy (non-hydrogen) atoms. The number of halogens is 5. The predicted molar refractivity (Wildman–Crippen MR) is 75.2 cm³/mol. The maximum atomic E-state index is 13.0. The third-order valence-electron chi connectivity index (χ3n) is 5.71. The summed E-state index contributed by atoms with van der Waals surface area (Å²) in [6, 6.07) is 0. The van der Waals surface area contributed by atoms with Gasteiger partial charge in [-0.15, -0.1) is 0 Å². The minimum absolute atomic E-state index is 0.0630. The SMILES string of the molecule is O=C(OCC1CC2CC1CC2(O)C(F)(F)F)C1(C23NI2N3)N[I-]1. The third kappa shape index (κ3) is 1.97. The van der Waals surface area contributed by atoms with Gasteiger partial charge in [0.25, 0.3) is 0 Å². The molecule has 0 amide bonds. The Kier molecular flexibility index (Phi) is 3.05. The fourth-order valence-corrected chi connectivity index (χ4v) is 14.2. The van der Waals surface area contributed by atoms with Crippen molar-refractivity contribution in [2.24, 2.45) is 17.8 Å². The molecule has 4 N–H and O–H groups in total. The summed E-state index contributed by atoms with van der Waals surface area (Å²) in [7, 11) is 0. The number of carbonyl (C=O) groups is 1. The summed E-state index contributed by atoms with van der Waals surface area (Å²) in [5.41, 5.74) is -2.54. The zero-order valence-corrected chi connectivity index (χ0v) is 16.0. The van der Waals surface area contributed by atoms with Gasteiger partial charge in [-0.05, 0) is 0 Å². The van der Waals surface area contributed by atoms with Crippen molar-refractivity contribution in [1.82, 2.24) is 10.6 Å². The van der Waals surface area contributed by atoms with E-state index in [2.05, 4.69) is 10.6 Å². The van der Waals surface area contributed by atoms with Gasteiger partial charge in [0.2, 0.25) is 0 Å². The average Bonchev–Trinajstić information content (AvgIpc) is 3.31. The van der Waals surface area contributed by atoms with Crippen molar-refractivity contribution >= 4 is 26.3 Å². The van der Waals surface area contributed by atoms with Crippen LogP contribution in [0.1, 0.15) is 19.3 Å². The zero-order valence-electron chi connectivity index (χ0n) is 11.7. The number of carbonyl (C=O) groups excluding carboxylic acids is 1. The second kappa shape index (κ2) is 4.45. The van der Waals surface area contributed by atoms with Crippen LogP contribution >= 0.6 is 20.4 Å². The summed E-state index contributed by atoms with van der Waals surface area (Å²) in [6.45, 7) is 0.172. The Morgan fingerprint density at radius 3 is 2.48 bits per heavy atom. The number of ether oxygens (including phenoxy) is 1. The minimum atomic E-state index is -4.57. The van der Waals surface area contributed by atoms with Gasteiger partial charge in [-0.1, -0.05) is 0 Å². The van der Waals surface area contributed by atoms with E-state index in [1.165, 1.54) is 0 Å². The number of aliphatic hydroxyl groups is 1. The van der Waals surface area contributed by atoms with Crippen molar-refractivity contribution in [3.05, 3.63) is 0 Å². The molecular weight excluding hydrogens is 545 g/mol. The van der Waals surface area contributed by atoms with Gasteiger partial charge in [-0.25, -0.2) is 0 Å². The van der Waals surface area contributed by atoms with Crippen molar-refractivity contribution in [3.8, 4) is 0 Å². The summed E-state index contributed by atoms with van der Waals surface area (Å²) in [4.78, 5) is 12.3. The molecule has 0 radical (unpaired) electrons. The van der Waals surface area contributed by atoms with Gasteiger partial charge in [-0.3, -0.25) is 0 Å². The maximum absolute atomic E-state index is 13.0. The predicted octanol–water partition coefficient (Wildman–Crippen LogP) is -2.63. The molecule has 6 nitrogen and oxygen atoms in total. The van der Waals surface area contributed by atoms with Crippen LogP contribution in [0, 0.1) is 17.8 Å². The summed E-state index contributed by atoms with van der Waals surface area (Å²) in [6.07, 6.45) is -4.18. The summed E-state index contributed by atoms with van der Waals surface area (Å²) in [5, 5.41) is 9.92. The standard InChI is InChI=1S/C12H15F3I2N3O3/c13-11(14,15)9(22)3-5-1-7(9)2-6(5)4-23-8(21)10(16-18-10)12-17(19-12)20-12/h5-7,18-20,22H,1-4H2/q-1. The fourth-order valence-electron chi connectivity index (χ4n) is 4.13. The van der Waals surface area contributed by atoms with Gasteiger partial charge in [0.05, 0.1) is 0 Å². The van der Waals surface area contributed by atoms with Crippen LogP contribution in [0.15, 0.2) is 0 Å². The molecule has 3 saturated heterocycles. The second-order valence-corrected chi connectivity index (χ2v) is 13.9. The molecule has 5 atom stereocenters. The molecule has 11 heteroatoms. The first-order valence-corrected chi connectivity index (χ1v) is 12.8. The normalized spacial score (nSPS) is 50.1. The molecule has 0 spiro atoms. The number of alkyl halides is 5. The van der Waals surface area contributed by atoms with Crippen molar-refractivity contribution in [1.29, 1.82) is 0 Å². The van der Waals surface area contributed by atoms with Gasteiger partial charge in [0.15, 0.2) is 0 Å². The molecule has 5 unspecified atom stereocenters. The molecule has 5 aliphatic rings. The number of hydrogen-bond donors (Lipinski definition) is 4. The molecule has 3 heterocycles. The first-order chi connectivity index (χ1) is 10.7. The van der Waals surface area contributed by atoms with Crippen molar-refractivity contribution in [3.63, 3.8) is 0 Å². The Bertz CT molecular complexity index is 596. The molecule has 2 aliphatic carbocycles. The average molecular weight is 560 g/mol. The quantitative estimate of drug-likeness (QED) is 0.0749. The first kappa shape index (κ1) is 15.8. The Morgan fingerprint density at radius 2 is 2.04 bits per heavy atom. The van der Waals surface area contributed by atoms with Crippen LogP contribution in [0.2, 0.25) is 0 Å². The number of fused-ring (bicyclic) bond motifs is 3. The Labute approximate surface area is 148 Å². The number of rotatable bonds is 4. The molecule has 0 aromatic rings. The third-order valence-corrected chi connectivity index (χ3v) is 14.2. The number of nitrogens with one attached hydrogen (secondary N) is 3. The van der Waals surface area contributed by atoms with Crippen LogP contribution in [0.4, 0.5) is 13.2 Å². The molecular formula is C12H15F3I2N3O3-. The van der Waals surface area contributed by atoms with Crippen LogP contribution in [0.3, 0.4) is 0 Å². The zero-order chi connectivity index (χ0) is 16.3. The number of hydrogen-bond acceptors (Lipinski definition) is 6. The van der Waals surface area contributed by atoms with E-state index < -0.39 is 63.1 Å². The first-order valence-electron chi connectivity index (χ1n) is 7.36. The molecule has 5 fully saturated rings. The summed E-state index contributed by atoms with van der Waals surface area (Å²) >= 11 is -1.63. The second-order valence-electron chi connectivity index (χ2n) is 6.89. The van der Waals surface area contributed by atoms with Gasteiger partial charge in [0.1, 0.15) is 0 Å². The summed E-state index contributed by atoms with van der Waals surface area (Å²) in [5.74, 6) is -1.29. The van der Waals surface area contributed by atoms with E-state index in [1.54, 1.807) is 0 Å². The molecule has 3 aliphatic heterocycles. The van der Waals surface area contributed by atoms with Crippen LogP contribution < -0.4 is 32.1 Å². The van der Waals surface area contributed by atoms with E-state index in [1.807, 2.05) is 0 Å². The molecule has 0 aromatic heterocycles. The van der Waals surface area contributed by atoms with E-state index in [4.69, 9.17) is 4.74 Å². The Balaban J connectivity index is 1.19.